The zero-order chi connectivity index (χ0) is 53.5. The van der Waals surface area contributed by atoms with E-state index >= 15 is 0 Å². The Morgan fingerprint density at radius 2 is 0.691 bits per heavy atom. The largest absolute Gasteiger partial charge is 0.309 e. The Morgan fingerprint density at radius 1 is 0.284 bits per heavy atom. The summed E-state index contributed by atoms with van der Waals surface area (Å²) in [5, 5.41) is 2.32. The van der Waals surface area contributed by atoms with E-state index in [1.54, 1.807) is 0 Å². The zero-order valence-corrected chi connectivity index (χ0v) is 45.6. The predicted molar refractivity (Wildman–Crippen MR) is 336 cm³/mol. The Hall–Kier alpha value is -9.92. The van der Waals surface area contributed by atoms with Gasteiger partial charge in [0.2, 0.25) is 0 Å². The summed E-state index contributed by atoms with van der Waals surface area (Å²) >= 11 is 0. The molecule has 5 nitrogen and oxygen atoms in total. The molecule has 0 bridgehead atoms. The summed E-state index contributed by atoms with van der Waals surface area (Å²) in [5.41, 5.74) is 12.8. The van der Waals surface area contributed by atoms with Gasteiger partial charge in [-0.05, 0) is 163 Å². The molecule has 16 rings (SSSR count). The average Bonchev–Trinajstić information content (AvgIpc) is 4.02. The van der Waals surface area contributed by atoms with Crippen molar-refractivity contribution < 1.29 is 0 Å². The lowest BCUT2D eigenvalue weighted by molar-refractivity contribution is 1.09. The van der Waals surface area contributed by atoms with E-state index in [4.69, 9.17) is 9.97 Å². The molecule has 0 amide bonds. The first-order valence-corrected chi connectivity index (χ1v) is 30.7. The summed E-state index contributed by atoms with van der Waals surface area (Å²) in [6.45, 7) is 0. The van der Waals surface area contributed by atoms with Crippen molar-refractivity contribution in [2.75, 3.05) is 9.80 Å². The van der Waals surface area contributed by atoms with Gasteiger partial charge in [0, 0.05) is 73.1 Å². The molecule has 2 aliphatic heterocycles. The second-order valence-electron chi connectivity index (χ2n) is 20.6. The monoisotopic (exact) mass is 1070 g/mol. The van der Waals surface area contributed by atoms with E-state index in [-0.39, 0.29) is 0 Å². The molecule has 0 aliphatic carbocycles. The quantitative estimate of drug-likeness (QED) is 0.152. The minimum Gasteiger partial charge on any atom is -0.309 e. The Balaban J connectivity index is 0.853. The number of fused-ring (bicyclic) bond motifs is 8. The third kappa shape index (κ3) is 7.09. The minimum atomic E-state index is -1.90. The number of nitrogens with zero attached hydrogens (tertiary/aromatic N) is 5. The summed E-state index contributed by atoms with van der Waals surface area (Å²) in [6.07, 6.45) is 2.01. The van der Waals surface area contributed by atoms with Crippen molar-refractivity contribution in [2.24, 2.45) is 0 Å². The highest BCUT2D eigenvalue weighted by atomic mass is 32.3. The van der Waals surface area contributed by atoms with Crippen LogP contribution in [0.1, 0.15) is 0 Å². The number of benzene rings is 11. The molecule has 11 aromatic carbocycles. The van der Waals surface area contributed by atoms with Gasteiger partial charge in [0.15, 0.2) is 0 Å². The Bertz CT molecular complexity index is 4540. The van der Waals surface area contributed by atoms with Crippen molar-refractivity contribution >= 4 is 87.2 Å². The van der Waals surface area contributed by atoms with Gasteiger partial charge in [0.05, 0.1) is 44.8 Å². The van der Waals surface area contributed by atoms with Crippen LogP contribution >= 0.6 is 20.1 Å². The zero-order valence-electron chi connectivity index (χ0n) is 44.0. The van der Waals surface area contributed by atoms with Crippen molar-refractivity contribution in [3.63, 3.8) is 0 Å². The van der Waals surface area contributed by atoms with Gasteiger partial charge in [-0.3, -0.25) is 9.88 Å². The van der Waals surface area contributed by atoms with Crippen LogP contribution in [0.2, 0.25) is 0 Å². The van der Waals surface area contributed by atoms with Crippen LogP contribution in [-0.2, 0) is 0 Å². The van der Waals surface area contributed by atoms with Crippen molar-refractivity contribution in [1.82, 2.24) is 14.5 Å². The molecule has 0 saturated heterocycles. The predicted octanol–water partition coefficient (Wildman–Crippen LogP) is 20.6. The van der Waals surface area contributed by atoms with Crippen molar-refractivity contribution in [3.05, 3.63) is 310 Å². The highest BCUT2D eigenvalue weighted by molar-refractivity contribution is 8.34. The lowest BCUT2D eigenvalue weighted by atomic mass is 10.0. The van der Waals surface area contributed by atoms with Gasteiger partial charge in [-0.2, -0.15) is 0 Å². The number of anilines is 6. The van der Waals surface area contributed by atoms with E-state index in [9.17, 15) is 0 Å². The van der Waals surface area contributed by atoms with Crippen LogP contribution in [0, 0.1) is 0 Å². The van der Waals surface area contributed by atoms with Crippen molar-refractivity contribution in [2.45, 2.75) is 39.2 Å². The fourth-order valence-electron chi connectivity index (χ4n) is 12.9. The first kappa shape index (κ1) is 47.1. The number of aromatic nitrogens is 3. The molecule has 7 heteroatoms. The summed E-state index contributed by atoms with van der Waals surface area (Å²) in [6, 6.07) is 112. The third-order valence-electron chi connectivity index (χ3n) is 16.2. The van der Waals surface area contributed by atoms with Crippen LogP contribution in [0.3, 0.4) is 0 Å². The van der Waals surface area contributed by atoms with Crippen LogP contribution < -0.4 is 9.80 Å². The number of hydrogen-bond acceptors (Lipinski definition) is 4. The maximum absolute atomic E-state index is 5.55. The summed E-state index contributed by atoms with van der Waals surface area (Å²) in [5.74, 6) is 0.844. The molecule has 0 N–H and O–H groups in total. The number of para-hydroxylation sites is 5. The molecule has 14 aromatic rings. The lowest BCUT2D eigenvalue weighted by Crippen LogP contribution is -2.22. The Kier molecular flexibility index (Phi) is 11.0. The molecule has 81 heavy (non-hydrogen) atoms. The van der Waals surface area contributed by atoms with Gasteiger partial charge >= 0.3 is 0 Å². The molecule has 2 aliphatic rings. The molecule has 0 radical (unpaired) electrons. The average molecular weight is 1070 g/mol. The second-order valence-corrected chi connectivity index (χ2v) is 26.6. The van der Waals surface area contributed by atoms with E-state index in [2.05, 4.69) is 318 Å². The summed E-state index contributed by atoms with van der Waals surface area (Å²) in [7, 11) is -3.79. The second kappa shape index (κ2) is 18.9. The molecular formula is C74H51N5S2. The first-order chi connectivity index (χ1) is 40.2. The van der Waals surface area contributed by atoms with Crippen molar-refractivity contribution in [3.8, 4) is 16.8 Å². The maximum atomic E-state index is 5.55. The Labute approximate surface area is 474 Å². The van der Waals surface area contributed by atoms with E-state index in [1.165, 1.54) is 55.9 Å². The summed E-state index contributed by atoms with van der Waals surface area (Å²) in [4.78, 5) is 25.9. The molecule has 5 heterocycles. The molecule has 0 unspecified atom stereocenters. The minimum absolute atomic E-state index is 0.830. The highest BCUT2D eigenvalue weighted by Crippen LogP contribution is 2.81. The molecule has 384 valence electrons. The molecule has 0 atom stereocenters. The van der Waals surface area contributed by atoms with Gasteiger partial charge in [0.1, 0.15) is 5.82 Å². The van der Waals surface area contributed by atoms with Gasteiger partial charge in [-0.15, -0.1) is 20.1 Å². The fourth-order valence-corrected chi connectivity index (χ4v) is 21.2. The van der Waals surface area contributed by atoms with Crippen LogP contribution in [-0.4, -0.2) is 14.5 Å². The van der Waals surface area contributed by atoms with Crippen LogP contribution in [0.25, 0.3) is 49.7 Å². The summed E-state index contributed by atoms with van der Waals surface area (Å²) < 4.78 is 2.41. The van der Waals surface area contributed by atoms with Gasteiger partial charge in [0.25, 0.3) is 0 Å². The normalized spacial score (nSPS) is 14.6. The third-order valence-corrected chi connectivity index (χ3v) is 24.2. The maximum Gasteiger partial charge on any atom is 0.138 e. The molecule has 0 fully saturated rings. The van der Waals surface area contributed by atoms with Crippen molar-refractivity contribution in [1.29, 1.82) is 0 Å². The molecular weight excluding hydrogens is 1020 g/mol. The van der Waals surface area contributed by atoms with Gasteiger partial charge < -0.3 is 9.47 Å². The number of pyridine rings is 2. The van der Waals surface area contributed by atoms with Crippen LogP contribution in [0.5, 0.6) is 0 Å². The van der Waals surface area contributed by atoms with E-state index < -0.39 is 20.1 Å². The molecule has 3 aromatic heterocycles. The smallest absolute Gasteiger partial charge is 0.138 e. The van der Waals surface area contributed by atoms with Gasteiger partial charge in [-0.25, -0.2) is 4.98 Å². The standard InChI is InChI=1S/C74H51N5S2/c1-6-24-54(25-7-1)77-64-45-42-52(48-60(64)61-50-55(43-46-65(61)77)78-66-34-16-20-38-70(66)80(56-26-8-2-9-27-56,57-28-10-3-11-29-57)71-39-21-17-35-67(71)78)53-49-63-62(75-51-53)44-47-74(76-63)79-68-36-18-22-40-72(68)81(58-30-12-4-13-31-58,59-32-14-5-15-33-59)73-41-23-19-37-69(73)79/h1-51H. The van der Waals surface area contributed by atoms with Crippen LogP contribution in [0.4, 0.5) is 34.3 Å². The van der Waals surface area contributed by atoms with E-state index in [1.807, 2.05) is 6.20 Å². The van der Waals surface area contributed by atoms with Gasteiger partial charge in [-0.1, -0.05) is 146 Å². The fraction of sp³-hybridized carbons (Fsp3) is 0. The molecule has 0 spiro atoms. The van der Waals surface area contributed by atoms with Crippen LogP contribution in [0.15, 0.2) is 349 Å². The number of rotatable bonds is 8. The number of hydrogen-bond donors (Lipinski definition) is 0. The van der Waals surface area contributed by atoms with E-state index in [0.717, 1.165) is 67.1 Å². The SMILES string of the molecule is c1ccc(-n2c3ccc(-c4cnc5ccc(N6c7ccccc7S(c7ccccc7)(c7ccccc7)c7ccccc76)nc5c4)cc3c3cc(N4c5ccccc5S(c5ccccc5)(c5ccccc5)c5ccccc54)ccc32)cc1. The molecule has 0 saturated carbocycles. The highest BCUT2D eigenvalue weighted by Gasteiger charge is 2.44. The topological polar surface area (TPSA) is 37.2 Å². The van der Waals surface area contributed by atoms with E-state index in [0.29, 0.717) is 0 Å². The Morgan fingerprint density at radius 3 is 1.17 bits per heavy atom. The lowest BCUT2D eigenvalue weighted by Gasteiger charge is -2.49. The first-order valence-electron chi connectivity index (χ1n) is 27.4.